The molecule has 0 saturated heterocycles. The Hall–Kier alpha value is -2.94. The van der Waals surface area contributed by atoms with Crippen molar-refractivity contribution in [3.05, 3.63) is 59.1 Å². The highest BCUT2D eigenvalue weighted by molar-refractivity contribution is 7.92. The van der Waals surface area contributed by atoms with Crippen LogP contribution in [0, 0.1) is 19.8 Å². The fraction of sp³-hybridized carbons (Fsp3) is 0.435. The zero-order valence-electron chi connectivity index (χ0n) is 18.8. The van der Waals surface area contributed by atoms with Crippen LogP contribution in [0.1, 0.15) is 55.3 Å². The van der Waals surface area contributed by atoms with Crippen LogP contribution in [0.25, 0.3) is 0 Å². The first kappa shape index (κ1) is 22.3. The molecule has 9 heteroatoms. The fourth-order valence-electron chi connectivity index (χ4n) is 3.41. The lowest BCUT2D eigenvalue weighted by atomic mass is 10.2. The van der Waals surface area contributed by atoms with Gasteiger partial charge in [0.1, 0.15) is 18.1 Å². The molecule has 0 unspecified atom stereocenters. The second-order valence-corrected chi connectivity index (χ2v) is 10.4. The summed E-state index contributed by atoms with van der Waals surface area (Å²) in [4.78, 5) is 0.177. The summed E-state index contributed by atoms with van der Waals surface area (Å²) in [6, 6.07) is 10.0. The number of rotatable bonds is 9. The SMILES string of the molecule is Cc1noc(C)c1COc1ccc(S(=O)(=O)N(CC(C)C)c2ccc(C3CC3)nn2)cc1. The quantitative estimate of drug-likeness (QED) is 0.471. The number of benzene rings is 1. The van der Waals surface area contributed by atoms with Crippen molar-refractivity contribution in [3.63, 3.8) is 0 Å². The van der Waals surface area contributed by atoms with E-state index in [0.29, 0.717) is 36.4 Å². The van der Waals surface area contributed by atoms with Crippen molar-refractivity contribution in [3.8, 4) is 5.75 Å². The van der Waals surface area contributed by atoms with E-state index < -0.39 is 10.0 Å². The maximum absolute atomic E-state index is 13.4. The molecular formula is C23H28N4O4S. The molecule has 1 fully saturated rings. The van der Waals surface area contributed by atoms with Gasteiger partial charge in [0, 0.05) is 12.5 Å². The topological polar surface area (TPSA) is 98.4 Å². The predicted molar refractivity (Wildman–Crippen MR) is 120 cm³/mol. The molecule has 0 atom stereocenters. The Labute approximate surface area is 188 Å². The van der Waals surface area contributed by atoms with Crippen LogP contribution >= 0.6 is 0 Å². The van der Waals surface area contributed by atoms with Gasteiger partial charge < -0.3 is 9.26 Å². The van der Waals surface area contributed by atoms with Gasteiger partial charge in [0.05, 0.1) is 21.8 Å². The standard InChI is InChI=1S/C23H28N4O4S/c1-15(2)13-27(23-12-11-22(24-25-23)18-5-6-18)32(28,29)20-9-7-19(8-10-20)30-14-21-16(3)26-31-17(21)4/h7-12,15,18H,5-6,13-14H2,1-4H3. The lowest BCUT2D eigenvalue weighted by Gasteiger charge is -2.25. The minimum absolute atomic E-state index is 0.118. The van der Waals surface area contributed by atoms with Gasteiger partial charge in [-0.3, -0.25) is 0 Å². The average molecular weight is 457 g/mol. The van der Waals surface area contributed by atoms with Gasteiger partial charge in [-0.1, -0.05) is 19.0 Å². The Morgan fingerprint density at radius 1 is 1.09 bits per heavy atom. The first-order chi connectivity index (χ1) is 15.3. The maximum Gasteiger partial charge on any atom is 0.265 e. The highest BCUT2D eigenvalue weighted by atomic mass is 32.2. The summed E-state index contributed by atoms with van der Waals surface area (Å²) in [5.74, 6) is 2.19. The summed E-state index contributed by atoms with van der Waals surface area (Å²) >= 11 is 0. The number of hydrogen-bond acceptors (Lipinski definition) is 7. The number of nitrogens with zero attached hydrogens (tertiary/aromatic N) is 4. The summed E-state index contributed by atoms with van der Waals surface area (Å²) in [6.45, 7) is 8.24. The number of anilines is 1. The number of ether oxygens (including phenoxy) is 1. The smallest absolute Gasteiger partial charge is 0.265 e. The molecule has 0 aliphatic heterocycles. The lowest BCUT2D eigenvalue weighted by Crippen LogP contribution is -2.35. The monoisotopic (exact) mass is 456 g/mol. The van der Waals surface area contributed by atoms with E-state index in [1.54, 1.807) is 30.3 Å². The van der Waals surface area contributed by atoms with Crippen LogP contribution in [-0.4, -0.2) is 30.3 Å². The fourth-order valence-corrected chi connectivity index (χ4v) is 4.98. The van der Waals surface area contributed by atoms with E-state index in [9.17, 15) is 8.42 Å². The van der Waals surface area contributed by atoms with Crippen molar-refractivity contribution >= 4 is 15.8 Å². The van der Waals surface area contributed by atoms with Crippen molar-refractivity contribution in [2.75, 3.05) is 10.8 Å². The van der Waals surface area contributed by atoms with E-state index in [0.717, 1.165) is 29.8 Å². The highest BCUT2D eigenvalue weighted by Crippen LogP contribution is 2.39. The van der Waals surface area contributed by atoms with Crippen molar-refractivity contribution in [1.29, 1.82) is 0 Å². The molecule has 0 spiro atoms. The minimum Gasteiger partial charge on any atom is -0.489 e. The molecule has 2 aromatic heterocycles. The molecule has 1 saturated carbocycles. The Morgan fingerprint density at radius 3 is 2.34 bits per heavy atom. The minimum atomic E-state index is -3.80. The van der Waals surface area contributed by atoms with Gasteiger partial charge in [-0.05, 0) is 69.0 Å². The molecule has 32 heavy (non-hydrogen) atoms. The number of hydrogen-bond donors (Lipinski definition) is 0. The largest absolute Gasteiger partial charge is 0.489 e. The Kier molecular flexibility index (Phi) is 6.19. The maximum atomic E-state index is 13.4. The molecule has 4 rings (SSSR count). The van der Waals surface area contributed by atoms with E-state index in [1.165, 1.54) is 4.31 Å². The third-order valence-electron chi connectivity index (χ3n) is 5.43. The van der Waals surface area contributed by atoms with Crippen LogP contribution in [-0.2, 0) is 16.6 Å². The molecule has 8 nitrogen and oxygen atoms in total. The molecule has 3 aromatic rings. The molecule has 1 aromatic carbocycles. The molecule has 0 N–H and O–H groups in total. The van der Waals surface area contributed by atoms with Gasteiger partial charge in [0.25, 0.3) is 10.0 Å². The van der Waals surface area contributed by atoms with E-state index in [1.807, 2.05) is 33.8 Å². The van der Waals surface area contributed by atoms with Gasteiger partial charge in [-0.25, -0.2) is 12.7 Å². The summed E-state index contributed by atoms with van der Waals surface area (Å²) in [5.41, 5.74) is 2.59. The summed E-state index contributed by atoms with van der Waals surface area (Å²) in [7, 11) is -3.80. The predicted octanol–water partition coefficient (Wildman–Crippen LogP) is 4.39. The molecule has 1 aliphatic rings. The van der Waals surface area contributed by atoms with Gasteiger partial charge >= 0.3 is 0 Å². The first-order valence-electron chi connectivity index (χ1n) is 10.8. The first-order valence-corrected chi connectivity index (χ1v) is 12.2. The third kappa shape index (κ3) is 4.77. The number of aromatic nitrogens is 3. The molecule has 0 amide bonds. The lowest BCUT2D eigenvalue weighted by molar-refractivity contribution is 0.301. The van der Waals surface area contributed by atoms with Gasteiger partial charge in [-0.15, -0.1) is 5.10 Å². The molecule has 0 radical (unpaired) electrons. The van der Waals surface area contributed by atoms with Crippen molar-refractivity contribution < 1.29 is 17.7 Å². The zero-order chi connectivity index (χ0) is 22.9. The van der Waals surface area contributed by atoms with Gasteiger partial charge in [0.2, 0.25) is 0 Å². The molecule has 0 bridgehead atoms. The van der Waals surface area contributed by atoms with Crippen LogP contribution in [0.5, 0.6) is 5.75 Å². The zero-order valence-corrected chi connectivity index (χ0v) is 19.6. The number of aryl methyl sites for hydroxylation is 2. The Bertz CT molecular complexity index is 1150. The van der Waals surface area contributed by atoms with E-state index in [4.69, 9.17) is 9.26 Å². The Balaban J connectivity index is 1.53. The molecule has 170 valence electrons. The molecule has 1 aliphatic carbocycles. The van der Waals surface area contributed by atoms with Gasteiger partial charge in [-0.2, -0.15) is 5.10 Å². The Morgan fingerprint density at radius 2 is 1.81 bits per heavy atom. The van der Waals surface area contributed by atoms with Gasteiger partial charge in [0.15, 0.2) is 5.82 Å². The third-order valence-corrected chi connectivity index (χ3v) is 7.21. The van der Waals surface area contributed by atoms with Crippen LogP contribution in [0.4, 0.5) is 5.82 Å². The summed E-state index contributed by atoms with van der Waals surface area (Å²) in [5, 5.41) is 12.4. The number of sulfonamides is 1. The second kappa shape index (κ2) is 8.90. The van der Waals surface area contributed by atoms with Crippen molar-refractivity contribution in [2.45, 2.75) is 58.0 Å². The van der Waals surface area contributed by atoms with E-state index >= 15 is 0 Å². The normalized spacial score (nSPS) is 14.0. The van der Waals surface area contributed by atoms with E-state index in [2.05, 4.69) is 15.4 Å². The summed E-state index contributed by atoms with van der Waals surface area (Å²) in [6.07, 6.45) is 2.24. The van der Waals surface area contributed by atoms with Crippen molar-refractivity contribution in [1.82, 2.24) is 15.4 Å². The van der Waals surface area contributed by atoms with E-state index in [-0.39, 0.29) is 10.8 Å². The second-order valence-electron chi connectivity index (χ2n) is 8.58. The van der Waals surface area contributed by atoms with Crippen LogP contribution in [0.3, 0.4) is 0 Å². The van der Waals surface area contributed by atoms with Crippen LogP contribution in [0.15, 0.2) is 45.8 Å². The average Bonchev–Trinajstić information content (AvgIpc) is 3.57. The molecular weight excluding hydrogens is 428 g/mol. The molecule has 2 heterocycles. The summed E-state index contributed by atoms with van der Waals surface area (Å²) < 4.78 is 39.2. The van der Waals surface area contributed by atoms with Crippen LogP contribution < -0.4 is 9.04 Å². The van der Waals surface area contributed by atoms with Crippen LogP contribution in [0.2, 0.25) is 0 Å². The highest BCUT2D eigenvalue weighted by Gasteiger charge is 2.29. The van der Waals surface area contributed by atoms with Crippen molar-refractivity contribution in [2.24, 2.45) is 5.92 Å².